The summed E-state index contributed by atoms with van der Waals surface area (Å²) < 4.78 is 0. The first-order valence-electron chi connectivity index (χ1n) is 5.30. The van der Waals surface area contributed by atoms with Gasteiger partial charge in [0.05, 0.1) is 0 Å². The number of fused-ring (bicyclic) bond motifs is 1. The fourth-order valence-corrected chi connectivity index (χ4v) is 2.27. The van der Waals surface area contributed by atoms with Gasteiger partial charge in [-0.25, -0.2) is 9.90 Å². The van der Waals surface area contributed by atoms with Crippen LogP contribution in [0, 0.1) is 0 Å². The smallest absolute Gasteiger partial charge is 0.318 e. The molecule has 3 nitrogen and oxygen atoms in total. The molecule has 1 aromatic rings. The number of nitrogens with one attached hydrogen (secondary N) is 1. The fourth-order valence-electron chi connectivity index (χ4n) is 2.27. The molecule has 0 spiro atoms. The summed E-state index contributed by atoms with van der Waals surface area (Å²) in [7, 11) is 0. The standard InChI is InChI=1S/C12H14NO2/c14-12(15)13-8-10-6-3-5-9-4-1-2-7-11(9)10/h1-2,4,7,10,13H,3,5-6,8H2. The molecule has 0 saturated carbocycles. The quantitative estimate of drug-likeness (QED) is 0.789. The second kappa shape index (κ2) is 4.34. The van der Waals surface area contributed by atoms with Crippen molar-refractivity contribution in [3.63, 3.8) is 0 Å². The lowest BCUT2D eigenvalue weighted by Crippen LogP contribution is -2.27. The van der Waals surface area contributed by atoms with E-state index in [1.54, 1.807) is 0 Å². The van der Waals surface area contributed by atoms with Crippen LogP contribution in [0.25, 0.3) is 0 Å². The highest BCUT2D eigenvalue weighted by molar-refractivity contribution is 5.64. The van der Waals surface area contributed by atoms with Crippen LogP contribution in [0.3, 0.4) is 0 Å². The van der Waals surface area contributed by atoms with E-state index in [0.29, 0.717) is 12.5 Å². The van der Waals surface area contributed by atoms with Gasteiger partial charge in [-0.15, -0.1) is 0 Å². The van der Waals surface area contributed by atoms with E-state index in [0.717, 1.165) is 19.3 Å². The van der Waals surface area contributed by atoms with Crippen molar-refractivity contribution >= 4 is 6.09 Å². The third kappa shape index (κ3) is 2.29. The van der Waals surface area contributed by atoms with Gasteiger partial charge in [0.2, 0.25) is 0 Å². The molecule has 0 aliphatic heterocycles. The molecule has 0 aromatic heterocycles. The minimum Gasteiger partial charge on any atom is -0.318 e. The van der Waals surface area contributed by atoms with Crippen LogP contribution in [-0.2, 0) is 11.5 Å². The number of amides is 1. The second-order valence-corrected chi connectivity index (χ2v) is 3.96. The summed E-state index contributed by atoms with van der Waals surface area (Å²) in [6.45, 7) is 0.472. The normalized spacial score (nSPS) is 19.3. The lowest BCUT2D eigenvalue weighted by Gasteiger charge is -2.24. The number of rotatable bonds is 2. The Morgan fingerprint density at radius 2 is 2.20 bits per heavy atom. The van der Waals surface area contributed by atoms with Crippen molar-refractivity contribution in [1.29, 1.82) is 0 Å². The molecular formula is C12H14NO2. The van der Waals surface area contributed by atoms with Crippen LogP contribution in [-0.4, -0.2) is 12.6 Å². The molecule has 1 amide bonds. The third-order valence-electron chi connectivity index (χ3n) is 2.99. The summed E-state index contributed by atoms with van der Waals surface area (Å²) in [5, 5.41) is 12.7. The van der Waals surface area contributed by atoms with Gasteiger partial charge in [-0.3, -0.25) is 0 Å². The number of aryl methyl sites for hydroxylation is 1. The zero-order valence-corrected chi connectivity index (χ0v) is 8.53. The van der Waals surface area contributed by atoms with Crippen molar-refractivity contribution in [3.8, 4) is 0 Å². The number of benzene rings is 1. The first-order chi connectivity index (χ1) is 7.27. The first kappa shape index (κ1) is 10.0. The molecule has 1 aliphatic carbocycles. The van der Waals surface area contributed by atoms with Gasteiger partial charge in [0, 0.05) is 12.5 Å². The summed E-state index contributed by atoms with van der Waals surface area (Å²) in [5.74, 6) is 0.313. The van der Waals surface area contributed by atoms with E-state index in [2.05, 4.69) is 17.4 Å². The lowest BCUT2D eigenvalue weighted by molar-refractivity contribution is 0.167. The van der Waals surface area contributed by atoms with Gasteiger partial charge < -0.3 is 5.32 Å². The Morgan fingerprint density at radius 3 is 3.00 bits per heavy atom. The average Bonchev–Trinajstić information content (AvgIpc) is 2.26. The van der Waals surface area contributed by atoms with Crippen molar-refractivity contribution in [2.45, 2.75) is 25.2 Å². The van der Waals surface area contributed by atoms with E-state index in [9.17, 15) is 9.90 Å². The fraction of sp³-hybridized carbons (Fsp3) is 0.417. The monoisotopic (exact) mass is 204 g/mol. The molecular weight excluding hydrogens is 190 g/mol. The summed E-state index contributed by atoms with van der Waals surface area (Å²) in [6.07, 6.45) is 2.11. The van der Waals surface area contributed by atoms with Gasteiger partial charge in [-0.05, 0) is 30.4 Å². The van der Waals surface area contributed by atoms with Crippen LogP contribution in [0.5, 0.6) is 0 Å². The van der Waals surface area contributed by atoms with Crippen molar-refractivity contribution in [3.05, 3.63) is 35.4 Å². The van der Waals surface area contributed by atoms with Crippen LogP contribution < -0.4 is 5.32 Å². The summed E-state index contributed by atoms with van der Waals surface area (Å²) in [4.78, 5) is 10.3. The Bertz CT molecular complexity index is 362. The maximum Gasteiger partial charge on any atom is 0.450 e. The van der Waals surface area contributed by atoms with Gasteiger partial charge >= 0.3 is 6.09 Å². The number of hydrogen-bond acceptors (Lipinski definition) is 1. The van der Waals surface area contributed by atoms with Crippen LogP contribution in [0.15, 0.2) is 24.3 Å². The van der Waals surface area contributed by atoms with Crippen molar-refractivity contribution < 1.29 is 9.90 Å². The summed E-state index contributed by atoms with van der Waals surface area (Å²) in [5.41, 5.74) is 2.64. The van der Waals surface area contributed by atoms with Gasteiger partial charge in [0.15, 0.2) is 0 Å². The summed E-state index contributed by atoms with van der Waals surface area (Å²) in [6, 6.07) is 8.26. The van der Waals surface area contributed by atoms with Crippen LogP contribution in [0.2, 0.25) is 0 Å². The number of carbonyl (C=O) groups excluding carboxylic acids is 1. The molecule has 0 saturated heterocycles. The molecule has 0 bridgehead atoms. The zero-order chi connectivity index (χ0) is 10.7. The van der Waals surface area contributed by atoms with Crippen LogP contribution >= 0.6 is 0 Å². The van der Waals surface area contributed by atoms with Gasteiger partial charge in [-0.1, -0.05) is 24.3 Å². The predicted molar refractivity (Wildman–Crippen MR) is 56.2 cm³/mol. The van der Waals surface area contributed by atoms with Crippen molar-refractivity contribution in [1.82, 2.24) is 5.32 Å². The zero-order valence-electron chi connectivity index (χ0n) is 8.53. The molecule has 1 N–H and O–H groups in total. The average molecular weight is 204 g/mol. The molecule has 0 heterocycles. The molecule has 3 heteroatoms. The number of carbonyl (C=O) groups is 1. The molecule has 1 unspecified atom stereocenters. The van der Waals surface area contributed by atoms with E-state index in [1.807, 2.05) is 12.1 Å². The highest BCUT2D eigenvalue weighted by atomic mass is 16.4. The molecule has 1 atom stereocenters. The molecule has 0 fully saturated rings. The molecule has 2 rings (SSSR count). The largest absolute Gasteiger partial charge is 0.450 e. The Kier molecular flexibility index (Phi) is 2.90. The lowest BCUT2D eigenvalue weighted by atomic mass is 9.83. The van der Waals surface area contributed by atoms with Gasteiger partial charge in [-0.2, -0.15) is 0 Å². The van der Waals surface area contributed by atoms with Crippen molar-refractivity contribution in [2.75, 3.05) is 6.54 Å². The van der Waals surface area contributed by atoms with Crippen molar-refractivity contribution in [2.24, 2.45) is 0 Å². The first-order valence-corrected chi connectivity index (χ1v) is 5.30. The molecule has 1 aromatic carbocycles. The topological polar surface area (TPSA) is 49.0 Å². The van der Waals surface area contributed by atoms with E-state index in [-0.39, 0.29) is 0 Å². The maximum atomic E-state index is 10.3. The van der Waals surface area contributed by atoms with E-state index in [1.165, 1.54) is 11.1 Å². The molecule has 1 aliphatic rings. The highest BCUT2D eigenvalue weighted by Crippen LogP contribution is 2.30. The molecule has 15 heavy (non-hydrogen) atoms. The summed E-state index contributed by atoms with van der Waals surface area (Å²) >= 11 is 0. The highest BCUT2D eigenvalue weighted by Gasteiger charge is 2.19. The third-order valence-corrected chi connectivity index (χ3v) is 2.99. The Balaban J connectivity index is 2.11. The van der Waals surface area contributed by atoms with E-state index < -0.39 is 6.09 Å². The van der Waals surface area contributed by atoms with Gasteiger partial charge in [0.25, 0.3) is 0 Å². The van der Waals surface area contributed by atoms with E-state index in [4.69, 9.17) is 0 Å². The molecule has 1 radical (unpaired) electrons. The predicted octanol–water partition coefficient (Wildman–Crippen LogP) is 2.25. The van der Waals surface area contributed by atoms with Gasteiger partial charge in [0.1, 0.15) is 0 Å². The number of hydrogen-bond donors (Lipinski definition) is 1. The van der Waals surface area contributed by atoms with Crippen LogP contribution in [0.4, 0.5) is 4.79 Å². The minimum absolute atomic E-state index is 0.313. The minimum atomic E-state index is -1.18. The Morgan fingerprint density at radius 1 is 1.40 bits per heavy atom. The van der Waals surface area contributed by atoms with Crippen LogP contribution in [0.1, 0.15) is 29.9 Å². The Hall–Kier alpha value is -1.51. The second-order valence-electron chi connectivity index (χ2n) is 3.96. The maximum absolute atomic E-state index is 10.3. The van der Waals surface area contributed by atoms with E-state index >= 15 is 0 Å². The Labute approximate surface area is 89.1 Å². The molecule has 79 valence electrons. The SMILES string of the molecule is [O]C(=O)NCC1CCCc2ccccc21.